The van der Waals surface area contributed by atoms with Gasteiger partial charge in [0.15, 0.2) is 0 Å². The Morgan fingerprint density at radius 1 is 1.06 bits per heavy atom. The van der Waals surface area contributed by atoms with Crippen LogP contribution in [-0.4, -0.2) is 35.5 Å². The normalized spacial score (nSPS) is 19.9. The maximum Gasteiger partial charge on any atom is 0.270 e. The molecule has 1 N–H and O–H groups in total. The number of hydrogen-bond acceptors (Lipinski definition) is 2. The van der Waals surface area contributed by atoms with Crippen LogP contribution < -0.4 is 5.32 Å². The molecule has 0 spiro atoms. The van der Waals surface area contributed by atoms with Crippen molar-refractivity contribution in [3.8, 4) is 0 Å². The van der Waals surface area contributed by atoms with Crippen LogP contribution in [0.5, 0.6) is 0 Å². The van der Waals surface area contributed by atoms with Gasteiger partial charge in [-0.3, -0.25) is 4.79 Å². The van der Waals surface area contributed by atoms with Crippen molar-refractivity contribution in [2.24, 2.45) is 0 Å². The number of nitrogens with one attached hydrogen (secondary N) is 1. The van der Waals surface area contributed by atoms with Gasteiger partial charge in [-0.25, -0.2) is 8.78 Å². The molecule has 0 radical (unpaired) electrons. The molecule has 3 rings (SSSR count). The number of halogens is 2. The highest BCUT2D eigenvalue weighted by Gasteiger charge is 2.31. The van der Waals surface area contributed by atoms with Gasteiger partial charge in [0, 0.05) is 47.1 Å². The second-order valence-electron chi connectivity index (χ2n) is 10.5. The van der Waals surface area contributed by atoms with Crippen molar-refractivity contribution < 1.29 is 13.6 Å². The number of hydrogen-bond donors (Lipinski definition) is 1. The van der Waals surface area contributed by atoms with Crippen LogP contribution in [0.4, 0.5) is 14.5 Å². The molecule has 6 heteroatoms. The summed E-state index contributed by atoms with van der Waals surface area (Å²) in [5.74, 6) is -3.21. The minimum absolute atomic E-state index is 0.113. The predicted octanol–water partition coefficient (Wildman–Crippen LogP) is 6.50. The molecule has 0 bridgehead atoms. The largest absolute Gasteiger partial charge is 0.345 e. The van der Waals surface area contributed by atoms with Crippen LogP contribution in [0.3, 0.4) is 0 Å². The van der Waals surface area contributed by atoms with Crippen LogP contribution in [0.2, 0.25) is 0 Å². The van der Waals surface area contributed by atoms with E-state index >= 15 is 0 Å². The number of alkyl halides is 2. The first-order valence-corrected chi connectivity index (χ1v) is 11.5. The molecule has 1 aromatic heterocycles. The molecule has 1 fully saturated rings. The van der Waals surface area contributed by atoms with Gasteiger partial charge in [-0.2, -0.15) is 0 Å². The molecule has 0 atom stereocenters. The average Bonchev–Trinajstić information content (AvgIpc) is 3.05. The Morgan fingerprint density at radius 2 is 1.69 bits per heavy atom. The van der Waals surface area contributed by atoms with Gasteiger partial charge in [-0.15, -0.1) is 0 Å². The quantitative estimate of drug-likeness (QED) is 0.570. The summed E-state index contributed by atoms with van der Waals surface area (Å²) in [4.78, 5) is 15.5. The third-order valence-electron chi connectivity index (χ3n) is 6.69. The van der Waals surface area contributed by atoms with Crippen molar-refractivity contribution in [3.05, 3.63) is 52.8 Å². The average molecular weight is 446 g/mol. The Balaban J connectivity index is 1.90. The molecule has 1 saturated carbocycles. The van der Waals surface area contributed by atoms with E-state index in [1.165, 1.54) is 12.1 Å². The van der Waals surface area contributed by atoms with Gasteiger partial charge in [-0.1, -0.05) is 32.9 Å². The lowest BCUT2D eigenvalue weighted by atomic mass is 9.87. The fourth-order valence-corrected chi connectivity index (χ4v) is 4.80. The lowest BCUT2D eigenvalue weighted by Crippen LogP contribution is -2.34. The summed E-state index contributed by atoms with van der Waals surface area (Å²) in [7, 11) is 4.27. The van der Waals surface area contributed by atoms with E-state index in [1.807, 2.05) is 13.0 Å². The predicted molar refractivity (Wildman–Crippen MR) is 127 cm³/mol. The zero-order chi connectivity index (χ0) is 23.8. The Morgan fingerprint density at radius 3 is 2.22 bits per heavy atom. The zero-order valence-corrected chi connectivity index (χ0v) is 20.4. The molecule has 1 aliphatic carbocycles. The summed E-state index contributed by atoms with van der Waals surface area (Å²) < 4.78 is 29.8. The topological polar surface area (TPSA) is 37.3 Å². The first-order valence-electron chi connectivity index (χ1n) is 11.5. The molecule has 2 aromatic rings. The van der Waals surface area contributed by atoms with E-state index in [1.54, 1.807) is 12.1 Å². The van der Waals surface area contributed by atoms with Crippen molar-refractivity contribution in [1.29, 1.82) is 0 Å². The maximum atomic E-state index is 13.7. The molecule has 0 aliphatic heterocycles. The van der Waals surface area contributed by atoms with Crippen molar-refractivity contribution >= 4 is 11.6 Å². The van der Waals surface area contributed by atoms with E-state index in [0.717, 1.165) is 44.0 Å². The smallest absolute Gasteiger partial charge is 0.270 e. The standard InChI is InChI=1S/C26H37F2N3O/c1-17-22(24(32)29-19-10-8-9-18(15-19)26(5,27)28)16-23(25(2,3)4)31(17)21-13-11-20(12-14-21)30(6)7/h8-10,15-16,20-21H,11-14H2,1-7H3,(H,29,32). The van der Waals surface area contributed by atoms with Crippen LogP contribution in [-0.2, 0) is 11.3 Å². The van der Waals surface area contributed by atoms with E-state index in [4.69, 9.17) is 0 Å². The zero-order valence-electron chi connectivity index (χ0n) is 20.4. The Hall–Kier alpha value is -2.21. The highest BCUT2D eigenvalue weighted by Crippen LogP contribution is 2.38. The number of carbonyl (C=O) groups excluding carboxylic acids is 1. The molecule has 0 saturated heterocycles. The molecule has 1 heterocycles. The highest BCUT2D eigenvalue weighted by atomic mass is 19.3. The van der Waals surface area contributed by atoms with E-state index in [-0.39, 0.29) is 16.9 Å². The second-order valence-corrected chi connectivity index (χ2v) is 10.5. The van der Waals surface area contributed by atoms with Gasteiger partial charge in [0.05, 0.1) is 5.56 Å². The van der Waals surface area contributed by atoms with E-state index < -0.39 is 5.92 Å². The third kappa shape index (κ3) is 5.22. The molecule has 176 valence electrons. The Labute approximate surface area is 191 Å². The monoisotopic (exact) mass is 445 g/mol. The van der Waals surface area contributed by atoms with E-state index in [2.05, 4.69) is 49.7 Å². The number of benzene rings is 1. The van der Waals surface area contributed by atoms with Gasteiger partial charge in [-0.05, 0) is 64.9 Å². The summed E-state index contributed by atoms with van der Waals surface area (Å²) in [5, 5.41) is 2.84. The summed E-state index contributed by atoms with van der Waals surface area (Å²) >= 11 is 0. The molecule has 32 heavy (non-hydrogen) atoms. The van der Waals surface area contributed by atoms with Crippen LogP contribution >= 0.6 is 0 Å². The molecule has 1 amide bonds. The van der Waals surface area contributed by atoms with Crippen molar-refractivity contribution in [1.82, 2.24) is 9.47 Å². The molecule has 1 aliphatic rings. The fourth-order valence-electron chi connectivity index (χ4n) is 4.80. The summed E-state index contributed by atoms with van der Waals surface area (Å²) in [5.41, 5.74) is 2.84. The molecule has 0 unspecified atom stereocenters. The first-order chi connectivity index (χ1) is 14.8. The fraction of sp³-hybridized carbons (Fsp3) is 0.577. The number of amides is 1. The van der Waals surface area contributed by atoms with Gasteiger partial charge in [0.1, 0.15) is 0 Å². The van der Waals surface area contributed by atoms with Crippen LogP contribution in [0.15, 0.2) is 30.3 Å². The van der Waals surface area contributed by atoms with Crippen LogP contribution in [0, 0.1) is 6.92 Å². The maximum absolute atomic E-state index is 13.7. The summed E-state index contributed by atoms with van der Waals surface area (Å²) in [6.45, 7) is 9.35. The number of nitrogens with zero attached hydrogens (tertiary/aromatic N) is 2. The van der Waals surface area contributed by atoms with Gasteiger partial charge < -0.3 is 14.8 Å². The first kappa shape index (κ1) is 24.4. The SMILES string of the molecule is Cc1c(C(=O)Nc2cccc(C(C)(F)F)c2)cc(C(C)(C)C)n1C1CCC(N(C)C)CC1. The van der Waals surface area contributed by atoms with Crippen molar-refractivity contribution in [2.45, 2.75) is 83.7 Å². The summed E-state index contributed by atoms with van der Waals surface area (Å²) in [6, 6.07) is 8.87. The number of rotatable bonds is 5. The van der Waals surface area contributed by atoms with Crippen LogP contribution in [0.25, 0.3) is 0 Å². The van der Waals surface area contributed by atoms with Crippen molar-refractivity contribution in [3.63, 3.8) is 0 Å². The Kier molecular flexibility index (Phi) is 6.85. The number of aromatic nitrogens is 1. The highest BCUT2D eigenvalue weighted by molar-refractivity contribution is 6.05. The van der Waals surface area contributed by atoms with E-state index in [9.17, 15) is 13.6 Å². The minimum Gasteiger partial charge on any atom is -0.345 e. The molecule has 4 nitrogen and oxygen atoms in total. The lowest BCUT2D eigenvalue weighted by Gasteiger charge is -2.36. The Bertz CT molecular complexity index is 958. The van der Waals surface area contributed by atoms with Crippen molar-refractivity contribution in [2.75, 3.05) is 19.4 Å². The molecular formula is C26H37F2N3O. The number of anilines is 1. The third-order valence-corrected chi connectivity index (χ3v) is 6.69. The second kappa shape index (κ2) is 8.97. The van der Waals surface area contributed by atoms with Gasteiger partial charge in [0.25, 0.3) is 11.8 Å². The molecular weight excluding hydrogens is 408 g/mol. The number of carbonyl (C=O) groups is 1. The van der Waals surface area contributed by atoms with Crippen LogP contribution in [0.1, 0.15) is 86.7 Å². The minimum atomic E-state index is -2.95. The lowest BCUT2D eigenvalue weighted by molar-refractivity contribution is 0.0175. The summed E-state index contributed by atoms with van der Waals surface area (Å²) in [6.07, 6.45) is 4.43. The molecule has 1 aromatic carbocycles. The van der Waals surface area contributed by atoms with Gasteiger partial charge in [0.2, 0.25) is 0 Å². The van der Waals surface area contributed by atoms with Gasteiger partial charge >= 0.3 is 0 Å². The van der Waals surface area contributed by atoms with E-state index in [0.29, 0.717) is 23.3 Å².